The van der Waals surface area contributed by atoms with Crippen LogP contribution in [-0.2, 0) is 16.1 Å². The molecule has 18 heavy (non-hydrogen) atoms. The number of amides is 1. The minimum absolute atomic E-state index is 0.0175. The average molecular weight is 255 g/mol. The fourth-order valence-corrected chi connectivity index (χ4v) is 1.79. The Labute approximate surface area is 102 Å². The minimum Gasteiger partial charge on any atom is -0.481 e. The first-order valence-corrected chi connectivity index (χ1v) is 5.43. The molecule has 1 fully saturated rings. The van der Waals surface area contributed by atoms with Gasteiger partial charge in [0.05, 0.1) is 11.8 Å². The smallest absolute Gasteiger partial charge is 0.307 e. The minimum atomic E-state index is -0.994. The molecule has 0 heterocycles. The molecule has 0 aliphatic heterocycles. The Bertz CT molecular complexity index is 484. The summed E-state index contributed by atoms with van der Waals surface area (Å²) in [4.78, 5) is 22.1. The molecule has 1 amide bonds. The second-order valence-corrected chi connectivity index (χ2v) is 4.28. The average Bonchev–Trinajstić information content (AvgIpc) is 3.04. The highest BCUT2D eigenvalue weighted by molar-refractivity contribution is 5.89. The van der Waals surface area contributed by atoms with Gasteiger partial charge in [0.25, 0.3) is 0 Å². The van der Waals surface area contributed by atoms with Crippen molar-refractivity contribution in [1.82, 2.24) is 5.32 Å². The van der Waals surface area contributed by atoms with E-state index in [1.54, 1.807) is 0 Å². The van der Waals surface area contributed by atoms with Crippen LogP contribution in [0.1, 0.15) is 12.0 Å². The lowest BCUT2D eigenvalue weighted by Crippen LogP contribution is -2.26. The maximum Gasteiger partial charge on any atom is 0.307 e. The van der Waals surface area contributed by atoms with E-state index in [4.69, 9.17) is 5.11 Å². The predicted molar refractivity (Wildman–Crippen MR) is 57.4 cm³/mol. The van der Waals surface area contributed by atoms with E-state index in [9.17, 15) is 18.4 Å². The third kappa shape index (κ3) is 2.82. The Morgan fingerprint density at radius 3 is 2.33 bits per heavy atom. The van der Waals surface area contributed by atoms with E-state index < -0.39 is 35.3 Å². The molecule has 2 N–H and O–H groups in total. The zero-order valence-electron chi connectivity index (χ0n) is 9.32. The molecule has 0 aromatic heterocycles. The summed E-state index contributed by atoms with van der Waals surface area (Å²) < 4.78 is 25.7. The van der Waals surface area contributed by atoms with Crippen LogP contribution in [0, 0.1) is 23.5 Å². The highest BCUT2D eigenvalue weighted by atomic mass is 19.1. The molecule has 6 heteroatoms. The summed E-state index contributed by atoms with van der Waals surface area (Å²) in [7, 11) is 0. The first-order valence-electron chi connectivity index (χ1n) is 5.43. The molecule has 1 aromatic rings. The van der Waals surface area contributed by atoms with Crippen molar-refractivity contribution >= 4 is 11.9 Å². The van der Waals surface area contributed by atoms with Gasteiger partial charge in [0.1, 0.15) is 11.6 Å². The van der Waals surface area contributed by atoms with E-state index in [-0.39, 0.29) is 6.54 Å². The summed E-state index contributed by atoms with van der Waals surface area (Å²) in [6, 6.07) is 2.97. The summed E-state index contributed by atoms with van der Waals surface area (Å²) in [5.74, 6) is -3.97. The van der Waals surface area contributed by atoms with Gasteiger partial charge in [-0.25, -0.2) is 8.78 Å². The molecule has 2 atom stereocenters. The molecular weight excluding hydrogens is 244 g/mol. The molecule has 0 saturated heterocycles. The Balaban J connectivity index is 1.88. The van der Waals surface area contributed by atoms with Crippen LogP contribution < -0.4 is 5.32 Å². The number of aliphatic carboxylic acids is 1. The first kappa shape index (κ1) is 12.5. The molecule has 0 spiro atoms. The highest BCUT2D eigenvalue weighted by Gasteiger charge is 2.48. The monoisotopic (exact) mass is 255 g/mol. The van der Waals surface area contributed by atoms with Gasteiger partial charge in [-0.3, -0.25) is 9.59 Å². The highest BCUT2D eigenvalue weighted by Crippen LogP contribution is 2.38. The number of benzene rings is 1. The van der Waals surface area contributed by atoms with Gasteiger partial charge in [-0.05, 0) is 24.1 Å². The number of halogens is 2. The molecule has 1 saturated carbocycles. The molecule has 96 valence electrons. The van der Waals surface area contributed by atoms with Crippen molar-refractivity contribution in [2.45, 2.75) is 13.0 Å². The molecule has 1 aliphatic carbocycles. The van der Waals surface area contributed by atoms with Crippen molar-refractivity contribution in [2.75, 3.05) is 0 Å². The number of hydrogen-bond acceptors (Lipinski definition) is 2. The van der Waals surface area contributed by atoms with E-state index in [2.05, 4.69) is 5.32 Å². The van der Waals surface area contributed by atoms with E-state index in [0.717, 1.165) is 18.2 Å². The molecule has 4 nitrogen and oxygen atoms in total. The number of hydrogen-bond donors (Lipinski definition) is 2. The van der Waals surface area contributed by atoms with Crippen LogP contribution in [0.25, 0.3) is 0 Å². The van der Waals surface area contributed by atoms with Gasteiger partial charge in [-0.15, -0.1) is 0 Å². The van der Waals surface area contributed by atoms with Crippen molar-refractivity contribution in [1.29, 1.82) is 0 Å². The standard InChI is InChI=1S/C12H11F2NO3/c13-7-1-6(2-8(14)3-7)5-15-11(16)9-4-10(9)12(17)18/h1-3,9-10H,4-5H2,(H,15,16)(H,17,18)/t9-,10+/m1/s1. The SMILES string of the molecule is O=C(O)[C@H]1C[C@H]1C(=O)NCc1cc(F)cc(F)c1. The van der Waals surface area contributed by atoms with Crippen LogP contribution >= 0.6 is 0 Å². The largest absolute Gasteiger partial charge is 0.481 e. The van der Waals surface area contributed by atoms with Gasteiger partial charge in [-0.1, -0.05) is 0 Å². The zero-order valence-corrected chi connectivity index (χ0v) is 9.32. The van der Waals surface area contributed by atoms with Crippen molar-refractivity contribution in [3.63, 3.8) is 0 Å². The van der Waals surface area contributed by atoms with Crippen molar-refractivity contribution < 1.29 is 23.5 Å². The summed E-state index contributed by atoms with van der Waals surface area (Å²) in [6.45, 7) is -0.0175. The molecular formula is C12H11F2NO3. The van der Waals surface area contributed by atoms with Gasteiger partial charge in [0, 0.05) is 12.6 Å². The normalized spacial score (nSPS) is 21.4. The van der Waals surface area contributed by atoms with Gasteiger partial charge < -0.3 is 10.4 Å². The Morgan fingerprint density at radius 1 is 1.22 bits per heavy atom. The number of rotatable bonds is 4. The van der Waals surface area contributed by atoms with Gasteiger partial charge in [0.2, 0.25) is 5.91 Å². The van der Waals surface area contributed by atoms with E-state index in [1.807, 2.05) is 0 Å². The van der Waals surface area contributed by atoms with E-state index in [1.165, 1.54) is 0 Å². The number of carbonyl (C=O) groups is 2. The van der Waals surface area contributed by atoms with Gasteiger partial charge >= 0.3 is 5.97 Å². The first-order chi connectivity index (χ1) is 8.47. The molecule has 1 aromatic carbocycles. The lowest BCUT2D eigenvalue weighted by Gasteiger charge is -2.05. The van der Waals surface area contributed by atoms with E-state index in [0.29, 0.717) is 12.0 Å². The molecule has 0 radical (unpaired) electrons. The fraction of sp³-hybridized carbons (Fsp3) is 0.333. The topological polar surface area (TPSA) is 66.4 Å². The van der Waals surface area contributed by atoms with Crippen molar-refractivity contribution in [3.8, 4) is 0 Å². The summed E-state index contributed by atoms with van der Waals surface area (Å²) >= 11 is 0. The quantitative estimate of drug-likeness (QED) is 0.852. The maximum absolute atomic E-state index is 12.9. The lowest BCUT2D eigenvalue weighted by molar-refractivity contribution is -0.140. The second-order valence-electron chi connectivity index (χ2n) is 4.28. The van der Waals surface area contributed by atoms with Crippen LogP contribution in [-0.4, -0.2) is 17.0 Å². The zero-order chi connectivity index (χ0) is 13.3. The third-order valence-corrected chi connectivity index (χ3v) is 2.83. The van der Waals surface area contributed by atoms with Crippen LogP contribution in [0.15, 0.2) is 18.2 Å². The Hall–Kier alpha value is -1.98. The van der Waals surface area contributed by atoms with Crippen LogP contribution in [0.5, 0.6) is 0 Å². The number of carboxylic acid groups (broad SMARTS) is 1. The van der Waals surface area contributed by atoms with Crippen molar-refractivity contribution in [3.05, 3.63) is 35.4 Å². The van der Waals surface area contributed by atoms with Crippen LogP contribution in [0.3, 0.4) is 0 Å². The van der Waals surface area contributed by atoms with Crippen LogP contribution in [0.4, 0.5) is 8.78 Å². The summed E-state index contributed by atoms with van der Waals surface area (Å²) in [5.41, 5.74) is 0.299. The lowest BCUT2D eigenvalue weighted by atomic mass is 10.2. The molecule has 0 unspecified atom stereocenters. The number of carbonyl (C=O) groups excluding carboxylic acids is 1. The van der Waals surface area contributed by atoms with Crippen molar-refractivity contribution in [2.24, 2.45) is 11.8 Å². The molecule has 2 rings (SSSR count). The second kappa shape index (κ2) is 4.72. The number of nitrogens with one attached hydrogen (secondary N) is 1. The molecule has 0 bridgehead atoms. The van der Waals surface area contributed by atoms with Crippen LogP contribution in [0.2, 0.25) is 0 Å². The van der Waals surface area contributed by atoms with Gasteiger partial charge in [-0.2, -0.15) is 0 Å². The Morgan fingerprint density at radius 2 is 1.83 bits per heavy atom. The number of carboxylic acids is 1. The summed E-state index contributed by atoms with van der Waals surface area (Å²) in [6.07, 6.45) is 0.318. The van der Waals surface area contributed by atoms with E-state index >= 15 is 0 Å². The maximum atomic E-state index is 12.9. The third-order valence-electron chi connectivity index (χ3n) is 2.83. The van der Waals surface area contributed by atoms with Gasteiger partial charge in [0.15, 0.2) is 0 Å². The predicted octanol–water partition coefficient (Wildman–Crippen LogP) is 1.30. The molecule has 1 aliphatic rings. The summed E-state index contributed by atoms with van der Waals surface area (Å²) in [5, 5.41) is 11.1. The Kier molecular flexibility index (Phi) is 3.27. The fourth-order valence-electron chi connectivity index (χ4n) is 1.79.